The van der Waals surface area contributed by atoms with Crippen molar-refractivity contribution >= 4 is 16.7 Å². The standard InChI is InChI=1S/C12H14FN3O4/c13-8-6(3-17)20-11(10(8)18)5-2-15-12(19)4-1-7(14)16-9(4)5/h1-2,6,8,10-11,16-18H,3,14H2,(H,15,19)/t6-,8-,10-,11+/m1/s1. The molecular weight excluding hydrogens is 269 g/mol. The molecule has 3 rings (SSSR count). The Hall–Kier alpha value is -1.90. The zero-order valence-corrected chi connectivity index (χ0v) is 10.3. The second-order valence-corrected chi connectivity index (χ2v) is 4.80. The van der Waals surface area contributed by atoms with E-state index in [1.807, 2.05) is 0 Å². The average Bonchev–Trinajstić information content (AvgIpc) is 2.94. The lowest BCUT2D eigenvalue weighted by Gasteiger charge is -2.15. The van der Waals surface area contributed by atoms with Crippen LogP contribution < -0.4 is 11.3 Å². The number of H-pyrrole nitrogens is 2. The van der Waals surface area contributed by atoms with Crippen molar-refractivity contribution in [3.63, 3.8) is 0 Å². The van der Waals surface area contributed by atoms with Crippen LogP contribution in [-0.4, -0.2) is 45.2 Å². The van der Waals surface area contributed by atoms with Crippen LogP contribution in [-0.2, 0) is 4.74 Å². The molecule has 8 heteroatoms. The van der Waals surface area contributed by atoms with Crippen molar-refractivity contribution in [2.45, 2.75) is 24.5 Å². The van der Waals surface area contributed by atoms with Gasteiger partial charge >= 0.3 is 0 Å². The highest BCUT2D eigenvalue weighted by Gasteiger charge is 2.45. The molecule has 1 fully saturated rings. The largest absolute Gasteiger partial charge is 0.394 e. The molecule has 0 bridgehead atoms. The van der Waals surface area contributed by atoms with Crippen LogP contribution in [0.3, 0.4) is 0 Å². The third-order valence-corrected chi connectivity index (χ3v) is 3.53. The molecule has 0 aromatic carbocycles. The molecule has 0 amide bonds. The van der Waals surface area contributed by atoms with E-state index in [0.29, 0.717) is 16.5 Å². The summed E-state index contributed by atoms with van der Waals surface area (Å²) in [6, 6.07) is 1.45. The molecule has 1 saturated heterocycles. The predicted octanol–water partition coefficient (Wildman–Crippen LogP) is -0.430. The molecule has 2 aromatic heterocycles. The Morgan fingerprint density at radius 1 is 1.50 bits per heavy atom. The number of anilines is 1. The summed E-state index contributed by atoms with van der Waals surface area (Å²) in [5, 5.41) is 19.2. The van der Waals surface area contributed by atoms with Gasteiger partial charge in [-0.1, -0.05) is 0 Å². The summed E-state index contributed by atoms with van der Waals surface area (Å²) in [6.45, 7) is -0.534. The number of halogens is 1. The fraction of sp³-hybridized carbons (Fsp3) is 0.417. The van der Waals surface area contributed by atoms with E-state index in [-0.39, 0.29) is 11.4 Å². The Morgan fingerprint density at radius 3 is 2.90 bits per heavy atom. The lowest BCUT2D eigenvalue weighted by atomic mass is 10.0. The maximum Gasteiger partial charge on any atom is 0.257 e. The topological polar surface area (TPSA) is 124 Å². The van der Waals surface area contributed by atoms with E-state index in [1.165, 1.54) is 12.3 Å². The van der Waals surface area contributed by atoms with Crippen molar-refractivity contribution in [3.8, 4) is 0 Å². The summed E-state index contributed by atoms with van der Waals surface area (Å²) in [5.74, 6) is 0.279. The summed E-state index contributed by atoms with van der Waals surface area (Å²) in [6.07, 6.45) is -3.85. The van der Waals surface area contributed by atoms with Crippen molar-refractivity contribution in [1.82, 2.24) is 9.97 Å². The molecule has 0 saturated carbocycles. The zero-order valence-electron chi connectivity index (χ0n) is 10.3. The molecule has 108 valence electrons. The number of aliphatic hydroxyl groups excluding tert-OH is 2. The molecule has 1 aliphatic heterocycles. The lowest BCUT2D eigenvalue weighted by Crippen LogP contribution is -2.28. The van der Waals surface area contributed by atoms with Crippen LogP contribution >= 0.6 is 0 Å². The highest BCUT2D eigenvalue weighted by atomic mass is 19.1. The van der Waals surface area contributed by atoms with Crippen LogP contribution in [0.2, 0.25) is 0 Å². The molecule has 0 spiro atoms. The third-order valence-electron chi connectivity index (χ3n) is 3.53. The Bertz CT molecular complexity index is 698. The Balaban J connectivity index is 2.11. The number of hydrogen-bond acceptors (Lipinski definition) is 5. The average molecular weight is 283 g/mol. The molecule has 7 nitrogen and oxygen atoms in total. The highest BCUT2D eigenvalue weighted by molar-refractivity contribution is 5.85. The van der Waals surface area contributed by atoms with Crippen LogP contribution in [0.4, 0.5) is 10.2 Å². The van der Waals surface area contributed by atoms with Gasteiger partial charge in [-0.3, -0.25) is 4.79 Å². The minimum Gasteiger partial charge on any atom is -0.394 e. The Morgan fingerprint density at radius 2 is 2.25 bits per heavy atom. The van der Waals surface area contributed by atoms with Gasteiger partial charge in [0.05, 0.1) is 17.5 Å². The first-order chi connectivity index (χ1) is 9.52. The van der Waals surface area contributed by atoms with E-state index < -0.39 is 31.1 Å². The van der Waals surface area contributed by atoms with Crippen molar-refractivity contribution in [2.24, 2.45) is 0 Å². The number of nitrogens with two attached hydrogens (primary N) is 1. The first-order valence-electron chi connectivity index (χ1n) is 6.11. The smallest absolute Gasteiger partial charge is 0.257 e. The van der Waals surface area contributed by atoms with Crippen molar-refractivity contribution in [2.75, 3.05) is 12.3 Å². The van der Waals surface area contributed by atoms with Gasteiger partial charge in [0.25, 0.3) is 5.56 Å². The first-order valence-corrected chi connectivity index (χ1v) is 6.11. The van der Waals surface area contributed by atoms with Gasteiger partial charge in [-0.05, 0) is 6.07 Å². The van der Waals surface area contributed by atoms with Crippen LogP contribution in [0.1, 0.15) is 11.7 Å². The molecule has 3 heterocycles. The number of alkyl halides is 1. The lowest BCUT2D eigenvalue weighted by molar-refractivity contribution is -0.0137. The zero-order chi connectivity index (χ0) is 14.4. The monoisotopic (exact) mass is 283 g/mol. The van der Waals surface area contributed by atoms with Gasteiger partial charge < -0.3 is 30.7 Å². The van der Waals surface area contributed by atoms with E-state index >= 15 is 0 Å². The van der Waals surface area contributed by atoms with Crippen LogP contribution in [0, 0.1) is 0 Å². The van der Waals surface area contributed by atoms with Crippen LogP contribution in [0.5, 0.6) is 0 Å². The summed E-state index contributed by atoms with van der Waals surface area (Å²) in [5.41, 5.74) is 6.05. The van der Waals surface area contributed by atoms with E-state index in [0.717, 1.165) is 0 Å². The van der Waals surface area contributed by atoms with E-state index in [4.69, 9.17) is 15.6 Å². The second kappa shape index (κ2) is 4.58. The minimum absolute atomic E-state index is 0.279. The van der Waals surface area contributed by atoms with Gasteiger partial charge in [0.2, 0.25) is 0 Å². The quantitative estimate of drug-likeness (QED) is 0.511. The van der Waals surface area contributed by atoms with Gasteiger partial charge in [-0.15, -0.1) is 0 Å². The van der Waals surface area contributed by atoms with Crippen molar-refractivity contribution in [3.05, 3.63) is 28.2 Å². The number of aromatic amines is 2. The number of aliphatic hydroxyl groups is 2. The van der Waals surface area contributed by atoms with Gasteiger partial charge in [-0.2, -0.15) is 0 Å². The molecular formula is C12H14FN3O4. The van der Waals surface area contributed by atoms with E-state index in [9.17, 15) is 14.3 Å². The van der Waals surface area contributed by atoms with Crippen molar-refractivity contribution in [1.29, 1.82) is 0 Å². The maximum absolute atomic E-state index is 13.8. The fourth-order valence-electron chi connectivity index (χ4n) is 2.53. The summed E-state index contributed by atoms with van der Waals surface area (Å²) in [4.78, 5) is 17.0. The fourth-order valence-corrected chi connectivity index (χ4v) is 2.53. The minimum atomic E-state index is -1.70. The van der Waals surface area contributed by atoms with E-state index in [1.54, 1.807) is 0 Å². The number of ether oxygens (including phenoxy) is 1. The predicted molar refractivity (Wildman–Crippen MR) is 68.9 cm³/mol. The second-order valence-electron chi connectivity index (χ2n) is 4.80. The normalized spacial score (nSPS) is 30.1. The van der Waals surface area contributed by atoms with Gasteiger partial charge in [0, 0.05) is 11.8 Å². The van der Waals surface area contributed by atoms with Gasteiger partial charge in [0.15, 0.2) is 6.17 Å². The van der Waals surface area contributed by atoms with Crippen LogP contribution in [0.15, 0.2) is 17.1 Å². The number of aromatic nitrogens is 2. The highest BCUT2D eigenvalue weighted by Crippen LogP contribution is 2.37. The molecule has 0 radical (unpaired) electrons. The number of hydrogen-bond donors (Lipinski definition) is 5. The van der Waals surface area contributed by atoms with E-state index in [2.05, 4.69) is 9.97 Å². The SMILES string of the molecule is Nc1cc2c(=O)[nH]cc([C@@H]3O[C@H](CO)[C@@H](F)[C@H]3O)c2[nH]1. The summed E-state index contributed by atoms with van der Waals surface area (Å²) >= 11 is 0. The number of nitrogen functional groups attached to an aromatic ring is 1. The molecule has 6 N–H and O–H groups in total. The number of fused-ring (bicyclic) bond motifs is 1. The molecule has 0 unspecified atom stereocenters. The molecule has 20 heavy (non-hydrogen) atoms. The summed E-state index contributed by atoms with van der Waals surface area (Å²) < 4.78 is 19.1. The maximum atomic E-state index is 13.8. The van der Waals surface area contributed by atoms with Crippen LogP contribution in [0.25, 0.3) is 10.9 Å². The molecule has 4 atom stereocenters. The van der Waals surface area contributed by atoms with Crippen molar-refractivity contribution < 1.29 is 19.3 Å². The summed E-state index contributed by atoms with van der Waals surface area (Å²) in [7, 11) is 0. The Labute approximate surface area is 112 Å². The number of rotatable bonds is 2. The number of pyridine rings is 1. The molecule has 1 aliphatic rings. The number of nitrogens with one attached hydrogen (secondary N) is 2. The first kappa shape index (κ1) is 13.1. The van der Waals surface area contributed by atoms with Gasteiger partial charge in [0.1, 0.15) is 24.1 Å². The molecule has 0 aliphatic carbocycles. The van der Waals surface area contributed by atoms with Gasteiger partial charge in [-0.25, -0.2) is 4.39 Å². The third kappa shape index (κ3) is 1.80. The Kier molecular flexibility index (Phi) is 3.00. The molecule has 2 aromatic rings.